The molecule has 0 saturated carbocycles. The average molecular weight is 251 g/mol. The van der Waals surface area contributed by atoms with Gasteiger partial charge in [-0.15, -0.1) is 0 Å². The zero-order valence-corrected chi connectivity index (χ0v) is 11.2. The number of amides is 1. The molecule has 1 aromatic heterocycles. The van der Waals surface area contributed by atoms with E-state index in [2.05, 4.69) is 20.6 Å². The summed E-state index contributed by atoms with van der Waals surface area (Å²) >= 11 is 0. The van der Waals surface area contributed by atoms with E-state index < -0.39 is 0 Å². The third-order valence-electron chi connectivity index (χ3n) is 2.32. The Morgan fingerprint density at radius 1 is 1.44 bits per heavy atom. The molecule has 0 aromatic carbocycles. The summed E-state index contributed by atoms with van der Waals surface area (Å²) in [6, 6.07) is 1.79. The average Bonchev–Trinajstić information content (AvgIpc) is 2.37. The molecule has 0 aliphatic rings. The first-order valence-corrected chi connectivity index (χ1v) is 6.22. The van der Waals surface area contributed by atoms with Gasteiger partial charge in [-0.1, -0.05) is 6.92 Å². The highest BCUT2D eigenvalue weighted by Gasteiger charge is 2.08. The topological polar surface area (TPSA) is 70.2 Å². The van der Waals surface area contributed by atoms with Crippen molar-refractivity contribution < 1.29 is 4.79 Å². The first-order valence-electron chi connectivity index (χ1n) is 6.22. The van der Waals surface area contributed by atoms with Crippen molar-refractivity contribution in [3.8, 4) is 0 Å². The Morgan fingerprint density at radius 3 is 2.89 bits per heavy atom. The lowest BCUT2D eigenvalue weighted by Gasteiger charge is -2.17. The molecule has 0 aliphatic heterocycles. The highest BCUT2D eigenvalue weighted by Crippen LogP contribution is 2.09. The van der Waals surface area contributed by atoms with Crippen molar-refractivity contribution in [2.24, 2.45) is 0 Å². The van der Waals surface area contributed by atoms with Gasteiger partial charge in [-0.3, -0.25) is 4.79 Å². The molecule has 0 atom stereocenters. The minimum atomic E-state index is 0.00274. The number of hydrogen-bond donors (Lipinski definition) is 2. The normalized spacial score (nSPS) is 9.94. The Morgan fingerprint density at radius 2 is 2.22 bits per heavy atom. The van der Waals surface area contributed by atoms with Gasteiger partial charge in [-0.25, -0.2) is 4.98 Å². The van der Waals surface area contributed by atoms with Gasteiger partial charge in [0.1, 0.15) is 5.82 Å². The minimum absolute atomic E-state index is 0.00274. The van der Waals surface area contributed by atoms with E-state index in [0.29, 0.717) is 19.0 Å². The van der Waals surface area contributed by atoms with Crippen LogP contribution in [0, 0.1) is 0 Å². The van der Waals surface area contributed by atoms with Crippen molar-refractivity contribution in [2.75, 3.05) is 36.9 Å². The Kier molecular flexibility index (Phi) is 5.90. The van der Waals surface area contributed by atoms with Crippen molar-refractivity contribution in [1.29, 1.82) is 0 Å². The summed E-state index contributed by atoms with van der Waals surface area (Å²) in [5.41, 5.74) is 0. The van der Waals surface area contributed by atoms with E-state index in [4.69, 9.17) is 0 Å². The minimum Gasteiger partial charge on any atom is -0.355 e. The van der Waals surface area contributed by atoms with Crippen LogP contribution >= 0.6 is 0 Å². The molecular weight excluding hydrogens is 230 g/mol. The molecule has 0 fully saturated rings. The summed E-state index contributed by atoms with van der Waals surface area (Å²) in [6.45, 7) is 5.78. The van der Waals surface area contributed by atoms with E-state index in [9.17, 15) is 4.79 Å². The van der Waals surface area contributed by atoms with Crippen LogP contribution in [0.3, 0.4) is 0 Å². The van der Waals surface area contributed by atoms with E-state index in [0.717, 1.165) is 18.8 Å². The maximum atomic E-state index is 11.6. The first kappa shape index (κ1) is 14.2. The number of aromatic nitrogens is 2. The number of likely N-dealkylation sites (N-methyl/N-ethyl adjacent to an activating group) is 1. The summed E-state index contributed by atoms with van der Waals surface area (Å²) < 4.78 is 0. The molecule has 100 valence electrons. The predicted octanol–water partition coefficient (Wildman–Crippen LogP) is 0.871. The van der Waals surface area contributed by atoms with Crippen LogP contribution in [-0.2, 0) is 4.79 Å². The maximum Gasteiger partial charge on any atom is 0.239 e. The highest BCUT2D eigenvalue weighted by atomic mass is 16.2. The van der Waals surface area contributed by atoms with E-state index in [1.165, 1.54) is 0 Å². The number of hydrogen-bond acceptors (Lipinski definition) is 5. The predicted molar refractivity (Wildman–Crippen MR) is 72.8 cm³/mol. The summed E-state index contributed by atoms with van der Waals surface area (Å²) in [6.07, 6.45) is 2.62. The summed E-state index contributed by atoms with van der Waals surface area (Å²) in [5.74, 6) is 1.31. The number of nitrogens with zero attached hydrogens (tertiary/aromatic N) is 3. The van der Waals surface area contributed by atoms with Crippen molar-refractivity contribution in [3.05, 3.63) is 12.3 Å². The number of rotatable bonds is 7. The lowest BCUT2D eigenvalue weighted by Crippen LogP contribution is -2.35. The Hall–Kier alpha value is -1.85. The molecule has 0 aliphatic carbocycles. The lowest BCUT2D eigenvalue weighted by molar-refractivity contribution is -0.119. The molecule has 0 unspecified atom stereocenters. The molecule has 0 bridgehead atoms. The largest absolute Gasteiger partial charge is 0.355 e. The number of carbonyl (C=O) groups is 1. The molecule has 1 heterocycles. The van der Waals surface area contributed by atoms with Gasteiger partial charge in [0.15, 0.2) is 0 Å². The summed E-state index contributed by atoms with van der Waals surface area (Å²) in [5, 5.41) is 5.87. The van der Waals surface area contributed by atoms with Crippen molar-refractivity contribution in [3.63, 3.8) is 0 Å². The van der Waals surface area contributed by atoms with E-state index in [1.54, 1.807) is 17.2 Å². The standard InChI is InChI=1S/C12H21N5O/c1-4-7-14-11(18)9-17(3)10-6-8-15-12(16-10)13-5-2/h6,8H,4-5,7,9H2,1-3H3,(H,14,18)(H,13,15,16). The molecule has 2 N–H and O–H groups in total. The fourth-order valence-electron chi connectivity index (χ4n) is 1.42. The zero-order valence-electron chi connectivity index (χ0n) is 11.2. The van der Waals surface area contributed by atoms with Crippen molar-refractivity contribution in [1.82, 2.24) is 15.3 Å². The monoisotopic (exact) mass is 251 g/mol. The van der Waals surface area contributed by atoms with Gasteiger partial charge in [0, 0.05) is 26.3 Å². The Bertz CT molecular complexity index is 382. The SMILES string of the molecule is CCCNC(=O)CN(C)c1ccnc(NCC)n1. The fourth-order valence-corrected chi connectivity index (χ4v) is 1.42. The van der Waals surface area contributed by atoms with Crippen LogP contribution in [0.1, 0.15) is 20.3 Å². The molecule has 0 saturated heterocycles. The van der Waals surface area contributed by atoms with E-state index >= 15 is 0 Å². The van der Waals surface area contributed by atoms with Crippen LogP contribution in [0.4, 0.5) is 11.8 Å². The quantitative estimate of drug-likeness (QED) is 0.752. The van der Waals surface area contributed by atoms with Crippen molar-refractivity contribution >= 4 is 17.7 Å². The highest BCUT2D eigenvalue weighted by molar-refractivity contribution is 5.80. The fraction of sp³-hybridized carbons (Fsp3) is 0.583. The number of carbonyl (C=O) groups excluding carboxylic acids is 1. The van der Waals surface area contributed by atoms with Crippen LogP contribution in [0.2, 0.25) is 0 Å². The lowest BCUT2D eigenvalue weighted by atomic mass is 10.4. The van der Waals surface area contributed by atoms with Gasteiger partial charge in [-0.2, -0.15) is 4.98 Å². The Balaban J connectivity index is 2.57. The van der Waals surface area contributed by atoms with E-state index in [-0.39, 0.29) is 5.91 Å². The van der Waals surface area contributed by atoms with Crippen LogP contribution in [0.5, 0.6) is 0 Å². The second-order valence-electron chi connectivity index (χ2n) is 3.97. The first-order chi connectivity index (χ1) is 8.67. The second-order valence-corrected chi connectivity index (χ2v) is 3.97. The number of nitrogens with one attached hydrogen (secondary N) is 2. The van der Waals surface area contributed by atoms with Crippen LogP contribution < -0.4 is 15.5 Å². The third kappa shape index (κ3) is 4.57. The van der Waals surface area contributed by atoms with Gasteiger partial charge in [-0.05, 0) is 19.4 Å². The van der Waals surface area contributed by atoms with Gasteiger partial charge in [0.25, 0.3) is 0 Å². The molecule has 0 radical (unpaired) electrons. The molecule has 1 aromatic rings. The van der Waals surface area contributed by atoms with Crippen LogP contribution in [0.25, 0.3) is 0 Å². The molecule has 1 amide bonds. The van der Waals surface area contributed by atoms with Crippen molar-refractivity contribution in [2.45, 2.75) is 20.3 Å². The number of anilines is 2. The maximum absolute atomic E-state index is 11.6. The van der Waals surface area contributed by atoms with Crippen LogP contribution in [-0.4, -0.2) is 42.6 Å². The summed E-state index contributed by atoms with van der Waals surface area (Å²) in [7, 11) is 1.84. The van der Waals surface area contributed by atoms with Gasteiger partial charge in [0.05, 0.1) is 6.54 Å². The Labute approximate surface area is 108 Å². The van der Waals surface area contributed by atoms with Crippen LogP contribution in [0.15, 0.2) is 12.3 Å². The second kappa shape index (κ2) is 7.47. The molecule has 18 heavy (non-hydrogen) atoms. The molecule has 0 spiro atoms. The van der Waals surface area contributed by atoms with E-state index in [1.807, 2.05) is 20.9 Å². The van der Waals surface area contributed by atoms with Gasteiger partial charge >= 0.3 is 0 Å². The molecular formula is C12H21N5O. The zero-order chi connectivity index (χ0) is 13.4. The molecule has 6 heteroatoms. The van der Waals surface area contributed by atoms with Gasteiger partial charge < -0.3 is 15.5 Å². The third-order valence-corrected chi connectivity index (χ3v) is 2.32. The smallest absolute Gasteiger partial charge is 0.239 e. The van der Waals surface area contributed by atoms with Gasteiger partial charge in [0.2, 0.25) is 11.9 Å². The molecule has 1 rings (SSSR count). The molecule has 6 nitrogen and oxygen atoms in total. The summed E-state index contributed by atoms with van der Waals surface area (Å²) in [4.78, 5) is 21.8.